The van der Waals surface area contributed by atoms with Gasteiger partial charge < -0.3 is 20.3 Å². The third kappa shape index (κ3) is 5.52. The molecule has 2 N–H and O–H groups in total. The van der Waals surface area contributed by atoms with E-state index in [0.717, 1.165) is 84.9 Å². The number of ether oxygens (including phenoxy) is 1. The molecular formula is C37H36N4O4S. The zero-order chi connectivity index (χ0) is 31.3. The van der Waals surface area contributed by atoms with Gasteiger partial charge in [0, 0.05) is 52.8 Å². The molecule has 2 amide bonds. The van der Waals surface area contributed by atoms with E-state index in [-0.39, 0.29) is 23.5 Å². The first-order chi connectivity index (χ1) is 22.5. The van der Waals surface area contributed by atoms with E-state index in [4.69, 9.17) is 4.74 Å². The summed E-state index contributed by atoms with van der Waals surface area (Å²) in [4.78, 5) is 48.8. The van der Waals surface area contributed by atoms with Crippen LogP contribution in [0.5, 0.6) is 0 Å². The molecule has 2 aromatic carbocycles. The smallest absolute Gasteiger partial charge is 0.261 e. The van der Waals surface area contributed by atoms with Crippen LogP contribution in [0.15, 0.2) is 72.9 Å². The summed E-state index contributed by atoms with van der Waals surface area (Å²) in [5, 5.41) is 6.12. The molecular weight excluding hydrogens is 596 g/mol. The lowest BCUT2D eigenvalue weighted by molar-refractivity contribution is -0.124. The molecule has 3 fully saturated rings. The molecule has 4 aliphatic rings. The first kappa shape index (κ1) is 29.1. The standard InChI is InChI=1S/C37H36N4O4S/c42-32(28-14-9-24-20-31(36(44)40-26-12-13-26)46-33(24)29-5-2-1-4-27(28)29)23-7-10-25(11-8-23)39-35(43)30-6-3-17-38-34(30)41-18-15-37(16-19-41)21-45-22-37/h1-8,10-11,17,20,26,28H,9,12-16,18-19,21-22H2,(H,39,43)(H,40,44). The highest BCUT2D eigenvalue weighted by atomic mass is 32.1. The van der Waals surface area contributed by atoms with E-state index < -0.39 is 0 Å². The number of hydrogen-bond donors (Lipinski definition) is 2. The van der Waals surface area contributed by atoms with Gasteiger partial charge in [0.2, 0.25) is 0 Å². The van der Waals surface area contributed by atoms with Crippen LogP contribution >= 0.6 is 11.3 Å². The number of nitrogens with one attached hydrogen (secondary N) is 2. The van der Waals surface area contributed by atoms with E-state index >= 15 is 0 Å². The number of ketones is 1. The first-order valence-electron chi connectivity index (χ1n) is 16.2. The van der Waals surface area contributed by atoms with Crippen molar-refractivity contribution in [1.29, 1.82) is 0 Å². The molecule has 4 heterocycles. The monoisotopic (exact) mass is 632 g/mol. The number of carbonyl (C=O) groups is 3. The van der Waals surface area contributed by atoms with Gasteiger partial charge in [-0.1, -0.05) is 24.3 Å². The van der Waals surface area contributed by atoms with Gasteiger partial charge in [0.15, 0.2) is 5.78 Å². The molecule has 0 radical (unpaired) electrons. The summed E-state index contributed by atoms with van der Waals surface area (Å²) in [5.41, 5.74) is 5.23. The van der Waals surface area contributed by atoms with Crippen LogP contribution in [-0.4, -0.2) is 54.9 Å². The second kappa shape index (κ2) is 11.8. The molecule has 4 aromatic rings. The Morgan fingerprint density at radius 2 is 1.70 bits per heavy atom. The van der Waals surface area contributed by atoms with Gasteiger partial charge in [-0.3, -0.25) is 14.4 Å². The molecule has 2 aromatic heterocycles. The predicted octanol–water partition coefficient (Wildman–Crippen LogP) is 6.48. The van der Waals surface area contributed by atoms with E-state index in [0.29, 0.717) is 40.5 Å². The second-order valence-corrected chi connectivity index (χ2v) is 14.2. The predicted molar refractivity (Wildman–Crippen MR) is 179 cm³/mol. The van der Waals surface area contributed by atoms with Gasteiger partial charge in [0.05, 0.1) is 23.7 Å². The highest BCUT2D eigenvalue weighted by Crippen LogP contribution is 2.44. The Hall–Kier alpha value is -4.34. The van der Waals surface area contributed by atoms with Gasteiger partial charge in [-0.2, -0.15) is 0 Å². The number of aryl methyl sites for hydroxylation is 1. The van der Waals surface area contributed by atoms with Crippen molar-refractivity contribution in [1.82, 2.24) is 10.3 Å². The van der Waals surface area contributed by atoms with Crippen molar-refractivity contribution in [3.05, 3.63) is 100 Å². The number of pyridine rings is 1. The molecule has 0 bridgehead atoms. The van der Waals surface area contributed by atoms with Gasteiger partial charge in [-0.25, -0.2) is 4.98 Å². The van der Waals surface area contributed by atoms with Crippen LogP contribution in [0.25, 0.3) is 10.4 Å². The lowest BCUT2D eigenvalue weighted by Gasteiger charge is -2.47. The van der Waals surface area contributed by atoms with Crippen molar-refractivity contribution < 1.29 is 19.1 Å². The second-order valence-electron chi connectivity index (χ2n) is 13.1. The third-order valence-corrected chi connectivity index (χ3v) is 11.2. The number of amides is 2. The Morgan fingerprint density at radius 1 is 0.913 bits per heavy atom. The number of hydrogen-bond acceptors (Lipinski definition) is 7. The number of nitrogens with zero attached hydrogens (tertiary/aromatic N) is 2. The highest BCUT2D eigenvalue weighted by molar-refractivity contribution is 7.17. The lowest BCUT2D eigenvalue weighted by atomic mass is 9.77. The number of rotatable bonds is 7. The van der Waals surface area contributed by atoms with E-state index in [1.807, 2.05) is 30.3 Å². The molecule has 1 saturated carbocycles. The van der Waals surface area contributed by atoms with Gasteiger partial charge in [0.1, 0.15) is 5.82 Å². The summed E-state index contributed by atoms with van der Waals surface area (Å²) in [5.74, 6) is 0.248. The van der Waals surface area contributed by atoms with E-state index in [1.54, 1.807) is 36.5 Å². The van der Waals surface area contributed by atoms with Gasteiger partial charge in [-0.15, -0.1) is 11.3 Å². The van der Waals surface area contributed by atoms with Crippen molar-refractivity contribution in [3.63, 3.8) is 0 Å². The maximum Gasteiger partial charge on any atom is 0.261 e. The van der Waals surface area contributed by atoms with E-state index in [2.05, 4.69) is 26.6 Å². The van der Waals surface area contributed by atoms with Crippen molar-refractivity contribution in [2.24, 2.45) is 5.41 Å². The van der Waals surface area contributed by atoms with Crippen molar-refractivity contribution in [2.75, 3.05) is 36.5 Å². The van der Waals surface area contributed by atoms with E-state index in [9.17, 15) is 14.4 Å². The maximum atomic E-state index is 14.0. The summed E-state index contributed by atoms with van der Waals surface area (Å²) in [6.07, 6.45) is 7.31. The number of Topliss-reactive ketones (excluding diaryl/α,β-unsaturated/α-hetero) is 1. The van der Waals surface area contributed by atoms with Crippen LogP contribution in [-0.2, 0) is 11.2 Å². The third-order valence-electron chi connectivity index (χ3n) is 9.94. The molecule has 1 atom stereocenters. The molecule has 1 unspecified atom stereocenters. The Kier molecular flexibility index (Phi) is 7.45. The first-order valence-corrected chi connectivity index (χ1v) is 17.0. The van der Waals surface area contributed by atoms with Crippen LogP contribution in [0.3, 0.4) is 0 Å². The van der Waals surface area contributed by atoms with Gasteiger partial charge in [-0.05, 0) is 97.7 Å². The molecule has 8 nitrogen and oxygen atoms in total. The molecule has 1 spiro atoms. The largest absolute Gasteiger partial charge is 0.380 e. The maximum absolute atomic E-state index is 14.0. The quantitative estimate of drug-likeness (QED) is 0.226. The van der Waals surface area contributed by atoms with Crippen LogP contribution in [0.2, 0.25) is 0 Å². The number of aromatic nitrogens is 1. The fourth-order valence-electron chi connectivity index (χ4n) is 6.99. The zero-order valence-corrected chi connectivity index (χ0v) is 26.4. The van der Waals surface area contributed by atoms with Crippen molar-refractivity contribution in [3.8, 4) is 10.4 Å². The summed E-state index contributed by atoms with van der Waals surface area (Å²) < 4.78 is 5.46. The number of benzene rings is 2. The summed E-state index contributed by atoms with van der Waals surface area (Å²) in [7, 11) is 0. The molecule has 2 aliphatic heterocycles. The summed E-state index contributed by atoms with van der Waals surface area (Å²) >= 11 is 1.52. The average Bonchev–Trinajstić information content (AvgIpc) is 3.82. The number of anilines is 2. The number of carbonyl (C=O) groups excluding carboxylic acids is 3. The number of thiophene rings is 1. The Balaban J connectivity index is 0.971. The normalized spacial score (nSPS) is 19.7. The Morgan fingerprint density at radius 3 is 2.43 bits per heavy atom. The van der Waals surface area contributed by atoms with Crippen molar-refractivity contribution in [2.45, 2.75) is 50.5 Å². The lowest BCUT2D eigenvalue weighted by Crippen LogP contribution is -2.51. The molecule has 8 rings (SSSR count). The average molecular weight is 633 g/mol. The Bertz CT molecular complexity index is 1820. The minimum atomic E-state index is -0.298. The zero-order valence-electron chi connectivity index (χ0n) is 25.6. The molecule has 46 heavy (non-hydrogen) atoms. The van der Waals surface area contributed by atoms with Crippen molar-refractivity contribution >= 4 is 40.4 Å². The van der Waals surface area contributed by atoms with Gasteiger partial charge >= 0.3 is 0 Å². The van der Waals surface area contributed by atoms with Crippen LogP contribution in [0, 0.1) is 5.41 Å². The van der Waals surface area contributed by atoms with Crippen LogP contribution < -0.4 is 15.5 Å². The summed E-state index contributed by atoms with van der Waals surface area (Å²) in [6, 6.07) is 21.2. The van der Waals surface area contributed by atoms with E-state index in [1.165, 1.54) is 11.3 Å². The minimum absolute atomic E-state index is 0.00140. The molecule has 234 valence electrons. The van der Waals surface area contributed by atoms with Gasteiger partial charge in [0.25, 0.3) is 11.8 Å². The number of piperidine rings is 1. The SMILES string of the molecule is O=C(NC1CC1)c1cc2c(s1)-c1ccccc1C(C(=O)c1ccc(NC(=O)c3cccnc3N3CCC4(CC3)COC4)cc1)CC2. The molecule has 2 saturated heterocycles. The van der Waals surface area contributed by atoms with Crippen LogP contribution in [0.1, 0.15) is 79.5 Å². The molecule has 9 heteroatoms. The fourth-order valence-corrected chi connectivity index (χ4v) is 8.15. The molecule has 2 aliphatic carbocycles. The highest BCUT2D eigenvalue weighted by Gasteiger charge is 2.42. The number of fused-ring (bicyclic) bond motifs is 3. The summed E-state index contributed by atoms with van der Waals surface area (Å²) in [6.45, 7) is 3.37. The Labute approximate surface area is 272 Å². The topological polar surface area (TPSA) is 101 Å². The van der Waals surface area contributed by atoms with Crippen LogP contribution in [0.4, 0.5) is 11.5 Å². The fraction of sp³-hybridized carbons (Fsp3) is 0.351. The minimum Gasteiger partial charge on any atom is -0.380 e.